The topological polar surface area (TPSA) is 74.5 Å². The maximum absolute atomic E-state index is 13.1. The van der Waals surface area contributed by atoms with E-state index in [1.54, 1.807) is 36.8 Å². The Morgan fingerprint density at radius 1 is 0.968 bits per heavy atom. The summed E-state index contributed by atoms with van der Waals surface area (Å²) >= 11 is 6.46. The number of nitrogens with zero attached hydrogens (tertiary/aromatic N) is 5. The van der Waals surface area contributed by atoms with Gasteiger partial charge in [0.1, 0.15) is 5.75 Å². The van der Waals surface area contributed by atoms with Crippen LogP contribution in [-0.4, -0.2) is 56.6 Å². The van der Waals surface area contributed by atoms with Crippen molar-refractivity contribution in [2.24, 2.45) is 0 Å². The first-order valence-corrected chi connectivity index (χ1v) is 10.4. The molecule has 0 spiro atoms. The number of halogens is 1. The Labute approximate surface area is 184 Å². The third-order valence-corrected chi connectivity index (χ3v) is 5.85. The van der Waals surface area contributed by atoms with Gasteiger partial charge in [0.2, 0.25) is 5.95 Å². The normalized spacial score (nSPS) is 14.2. The van der Waals surface area contributed by atoms with Gasteiger partial charge >= 0.3 is 0 Å². The predicted molar refractivity (Wildman–Crippen MR) is 120 cm³/mol. The van der Waals surface area contributed by atoms with Crippen LogP contribution in [0.4, 0.5) is 5.69 Å². The lowest BCUT2D eigenvalue weighted by atomic mass is 10.1. The van der Waals surface area contributed by atoms with Crippen molar-refractivity contribution in [3.8, 4) is 11.7 Å². The molecule has 1 saturated heterocycles. The van der Waals surface area contributed by atoms with Gasteiger partial charge in [0, 0.05) is 61.4 Å². The van der Waals surface area contributed by atoms with E-state index in [4.69, 9.17) is 11.6 Å². The van der Waals surface area contributed by atoms with Crippen LogP contribution in [0.15, 0.2) is 67.1 Å². The highest BCUT2D eigenvalue weighted by Gasteiger charge is 2.23. The number of carbonyl (C=O) groups excluding carboxylic acids is 1. The Balaban J connectivity index is 1.35. The molecule has 31 heavy (non-hydrogen) atoms. The first kappa shape index (κ1) is 19.4. The number of hydrogen-bond acceptors (Lipinski definition) is 5. The van der Waals surface area contributed by atoms with Crippen molar-refractivity contribution in [2.45, 2.75) is 0 Å². The third kappa shape index (κ3) is 3.68. The highest BCUT2D eigenvalue weighted by molar-refractivity contribution is 6.35. The van der Waals surface area contributed by atoms with E-state index >= 15 is 0 Å². The predicted octanol–water partition coefficient (Wildman–Crippen LogP) is 3.74. The summed E-state index contributed by atoms with van der Waals surface area (Å²) in [7, 11) is 0. The second kappa shape index (κ2) is 7.92. The van der Waals surface area contributed by atoms with Gasteiger partial charge in [-0.25, -0.2) is 9.97 Å². The maximum atomic E-state index is 13.1. The number of phenols is 1. The molecule has 5 rings (SSSR count). The molecule has 8 heteroatoms. The number of aromatic hydroxyl groups is 1. The molecule has 0 atom stereocenters. The fourth-order valence-corrected chi connectivity index (χ4v) is 4.17. The van der Waals surface area contributed by atoms with Gasteiger partial charge in [-0.05, 0) is 48.5 Å². The number of hydrogen-bond donors (Lipinski definition) is 1. The summed E-state index contributed by atoms with van der Waals surface area (Å²) < 4.78 is 1.82. The molecule has 0 radical (unpaired) electrons. The molecule has 1 aliphatic heterocycles. The number of fused-ring (bicyclic) bond motifs is 1. The van der Waals surface area contributed by atoms with Gasteiger partial charge in [0.05, 0.1) is 10.5 Å². The molecule has 2 aromatic carbocycles. The second-order valence-corrected chi connectivity index (χ2v) is 7.83. The van der Waals surface area contributed by atoms with E-state index in [0.29, 0.717) is 29.6 Å². The second-order valence-electron chi connectivity index (χ2n) is 7.42. The van der Waals surface area contributed by atoms with Crippen LogP contribution in [0.1, 0.15) is 10.4 Å². The average molecular weight is 434 g/mol. The molecule has 156 valence electrons. The Bertz CT molecular complexity index is 1230. The number of amides is 1. The first-order valence-electron chi connectivity index (χ1n) is 10.0. The van der Waals surface area contributed by atoms with Gasteiger partial charge in [-0.2, -0.15) is 0 Å². The van der Waals surface area contributed by atoms with Crippen LogP contribution in [0.25, 0.3) is 16.9 Å². The summed E-state index contributed by atoms with van der Waals surface area (Å²) in [4.78, 5) is 25.8. The monoisotopic (exact) mass is 433 g/mol. The number of anilines is 1. The zero-order valence-corrected chi connectivity index (χ0v) is 17.4. The minimum absolute atomic E-state index is 0.00738. The Morgan fingerprint density at radius 2 is 1.68 bits per heavy atom. The number of piperazine rings is 1. The van der Waals surface area contributed by atoms with Crippen molar-refractivity contribution >= 4 is 34.1 Å². The van der Waals surface area contributed by atoms with Gasteiger partial charge in [-0.1, -0.05) is 11.6 Å². The van der Waals surface area contributed by atoms with Crippen LogP contribution in [0.2, 0.25) is 5.02 Å². The molecule has 7 nitrogen and oxygen atoms in total. The van der Waals surface area contributed by atoms with Crippen LogP contribution >= 0.6 is 11.6 Å². The van der Waals surface area contributed by atoms with Crippen LogP contribution in [-0.2, 0) is 0 Å². The van der Waals surface area contributed by atoms with Crippen molar-refractivity contribution in [2.75, 3.05) is 31.1 Å². The zero-order chi connectivity index (χ0) is 21.4. The van der Waals surface area contributed by atoms with Crippen LogP contribution in [0.3, 0.4) is 0 Å². The van der Waals surface area contributed by atoms with E-state index in [2.05, 4.69) is 14.9 Å². The number of phenolic OH excluding ortho intramolecular Hbond substituents is 1. The van der Waals surface area contributed by atoms with E-state index in [-0.39, 0.29) is 11.7 Å². The molecule has 4 aromatic rings. The summed E-state index contributed by atoms with van der Waals surface area (Å²) in [5.41, 5.74) is 2.51. The highest BCUT2D eigenvalue weighted by atomic mass is 35.5. The SMILES string of the molecule is O=C(c1ccc2c(c1)c(Cl)cn2-c1ncccn1)N1CCN(c2ccc(O)cc2)CC1. The Morgan fingerprint density at radius 3 is 2.39 bits per heavy atom. The number of carbonyl (C=O) groups is 1. The molecular formula is C23H20ClN5O2. The van der Waals surface area contributed by atoms with E-state index in [1.807, 2.05) is 39.8 Å². The van der Waals surface area contributed by atoms with Gasteiger partial charge in [0.25, 0.3) is 5.91 Å². The van der Waals surface area contributed by atoms with Crippen molar-refractivity contribution in [1.82, 2.24) is 19.4 Å². The van der Waals surface area contributed by atoms with Gasteiger partial charge < -0.3 is 14.9 Å². The standard InChI is InChI=1S/C23H20ClN5O2/c24-20-15-29(23-25-8-1-9-26-23)21-7-2-16(14-19(20)21)22(31)28-12-10-27(11-13-28)17-3-5-18(30)6-4-17/h1-9,14-15,30H,10-13H2. The summed E-state index contributed by atoms with van der Waals surface area (Å²) in [6, 6.07) is 14.5. The fraction of sp³-hybridized carbons (Fsp3) is 0.174. The largest absolute Gasteiger partial charge is 0.508 e. The van der Waals surface area contributed by atoms with Crippen LogP contribution in [0.5, 0.6) is 5.75 Å². The van der Waals surface area contributed by atoms with E-state index in [1.165, 1.54) is 0 Å². The van der Waals surface area contributed by atoms with E-state index < -0.39 is 0 Å². The van der Waals surface area contributed by atoms with E-state index in [0.717, 1.165) is 29.7 Å². The lowest BCUT2D eigenvalue weighted by molar-refractivity contribution is 0.0747. The minimum atomic E-state index is -0.00738. The summed E-state index contributed by atoms with van der Waals surface area (Å²) in [5, 5.41) is 10.8. The molecule has 1 amide bonds. The van der Waals surface area contributed by atoms with E-state index in [9.17, 15) is 9.90 Å². The molecule has 0 aliphatic carbocycles. The number of aromatic nitrogens is 3. The zero-order valence-electron chi connectivity index (χ0n) is 16.6. The Kier molecular flexibility index (Phi) is 4.95. The smallest absolute Gasteiger partial charge is 0.253 e. The summed E-state index contributed by atoms with van der Waals surface area (Å²) in [6.07, 6.45) is 5.13. The molecule has 0 saturated carbocycles. The highest BCUT2D eigenvalue weighted by Crippen LogP contribution is 2.29. The lowest BCUT2D eigenvalue weighted by Gasteiger charge is -2.36. The van der Waals surface area contributed by atoms with Crippen molar-refractivity contribution in [3.63, 3.8) is 0 Å². The van der Waals surface area contributed by atoms with Crippen molar-refractivity contribution in [3.05, 3.63) is 77.7 Å². The molecule has 1 fully saturated rings. The van der Waals surface area contributed by atoms with Crippen LogP contribution in [0, 0.1) is 0 Å². The average Bonchev–Trinajstić information content (AvgIpc) is 3.16. The lowest BCUT2D eigenvalue weighted by Crippen LogP contribution is -2.48. The van der Waals surface area contributed by atoms with Gasteiger partial charge in [0.15, 0.2) is 0 Å². The summed E-state index contributed by atoms with van der Waals surface area (Å²) in [5.74, 6) is 0.773. The van der Waals surface area contributed by atoms with Crippen molar-refractivity contribution in [1.29, 1.82) is 0 Å². The Hall–Kier alpha value is -3.58. The number of benzene rings is 2. The van der Waals surface area contributed by atoms with Crippen molar-refractivity contribution < 1.29 is 9.90 Å². The number of rotatable bonds is 3. The first-order chi connectivity index (χ1) is 15.1. The minimum Gasteiger partial charge on any atom is -0.508 e. The summed E-state index contributed by atoms with van der Waals surface area (Å²) in [6.45, 7) is 2.73. The fourth-order valence-electron chi connectivity index (χ4n) is 3.92. The molecule has 1 aliphatic rings. The molecular weight excluding hydrogens is 414 g/mol. The quantitative estimate of drug-likeness (QED) is 0.532. The molecule has 3 heterocycles. The molecule has 0 bridgehead atoms. The molecule has 0 unspecified atom stereocenters. The maximum Gasteiger partial charge on any atom is 0.253 e. The molecule has 2 aromatic heterocycles. The van der Waals surface area contributed by atoms with Gasteiger partial charge in [-0.15, -0.1) is 0 Å². The van der Waals surface area contributed by atoms with Crippen LogP contribution < -0.4 is 4.90 Å². The third-order valence-electron chi connectivity index (χ3n) is 5.55. The van der Waals surface area contributed by atoms with Gasteiger partial charge in [-0.3, -0.25) is 9.36 Å². The molecule has 1 N–H and O–H groups in total.